The summed E-state index contributed by atoms with van der Waals surface area (Å²) in [5.41, 5.74) is 2.09. The first kappa shape index (κ1) is 14.5. The van der Waals surface area contributed by atoms with Crippen LogP contribution in [0.25, 0.3) is 0 Å². The molecule has 0 saturated carbocycles. The van der Waals surface area contributed by atoms with Crippen molar-refractivity contribution in [2.45, 2.75) is 13.5 Å². The van der Waals surface area contributed by atoms with E-state index in [9.17, 15) is 4.79 Å². The number of hydrogen-bond acceptors (Lipinski definition) is 3. The minimum absolute atomic E-state index is 0.0120. The Balaban J connectivity index is 1.80. The van der Waals surface area contributed by atoms with Crippen molar-refractivity contribution >= 4 is 21.8 Å². The van der Waals surface area contributed by atoms with Crippen LogP contribution in [0.1, 0.15) is 11.1 Å². The summed E-state index contributed by atoms with van der Waals surface area (Å²) in [6, 6.07) is 9.47. The van der Waals surface area contributed by atoms with E-state index in [0.717, 1.165) is 15.6 Å². The molecule has 1 amide bonds. The zero-order valence-electron chi connectivity index (χ0n) is 11.1. The summed E-state index contributed by atoms with van der Waals surface area (Å²) < 4.78 is 6.31. The van der Waals surface area contributed by atoms with E-state index in [4.69, 9.17) is 4.74 Å². The molecule has 0 aliphatic rings. The molecule has 0 aliphatic carbocycles. The van der Waals surface area contributed by atoms with Crippen LogP contribution in [0.4, 0.5) is 0 Å². The molecule has 2 aromatic rings. The molecule has 1 aromatic heterocycles. The van der Waals surface area contributed by atoms with Gasteiger partial charge in [-0.3, -0.25) is 9.78 Å². The highest BCUT2D eigenvalue weighted by Crippen LogP contribution is 2.25. The Bertz CT molecular complexity index is 588. The number of rotatable bonds is 5. The number of benzene rings is 1. The summed E-state index contributed by atoms with van der Waals surface area (Å²) in [6.45, 7) is 2.43. The first-order valence-electron chi connectivity index (χ1n) is 6.20. The van der Waals surface area contributed by atoms with Gasteiger partial charge in [-0.1, -0.05) is 12.1 Å². The average molecular weight is 335 g/mol. The molecular formula is C15H15BrN2O2. The van der Waals surface area contributed by atoms with Crippen molar-refractivity contribution in [3.05, 3.63) is 58.3 Å². The number of halogens is 1. The lowest BCUT2D eigenvalue weighted by Crippen LogP contribution is -2.28. The summed E-state index contributed by atoms with van der Waals surface area (Å²) in [4.78, 5) is 15.7. The third-order valence-corrected chi connectivity index (χ3v) is 3.28. The van der Waals surface area contributed by atoms with Crippen LogP contribution in [0.2, 0.25) is 0 Å². The lowest BCUT2D eigenvalue weighted by Gasteiger charge is -2.09. The lowest BCUT2D eigenvalue weighted by atomic mass is 10.2. The zero-order valence-corrected chi connectivity index (χ0v) is 12.7. The van der Waals surface area contributed by atoms with Crippen molar-refractivity contribution < 1.29 is 9.53 Å². The molecule has 1 N–H and O–H groups in total. The molecule has 0 aliphatic heterocycles. The molecule has 5 heteroatoms. The molecule has 1 heterocycles. The lowest BCUT2D eigenvalue weighted by molar-refractivity contribution is -0.123. The number of aromatic nitrogens is 1. The van der Waals surface area contributed by atoms with Crippen molar-refractivity contribution in [1.82, 2.24) is 10.3 Å². The van der Waals surface area contributed by atoms with Gasteiger partial charge in [-0.2, -0.15) is 0 Å². The quantitative estimate of drug-likeness (QED) is 0.914. The summed E-state index contributed by atoms with van der Waals surface area (Å²) >= 11 is 3.41. The van der Waals surface area contributed by atoms with Gasteiger partial charge in [-0.15, -0.1) is 0 Å². The Morgan fingerprint density at radius 1 is 1.40 bits per heavy atom. The monoisotopic (exact) mass is 334 g/mol. The van der Waals surface area contributed by atoms with E-state index in [1.165, 1.54) is 0 Å². The van der Waals surface area contributed by atoms with E-state index >= 15 is 0 Å². The van der Waals surface area contributed by atoms with E-state index in [0.29, 0.717) is 12.3 Å². The third kappa shape index (κ3) is 4.35. The van der Waals surface area contributed by atoms with Crippen LogP contribution in [0.15, 0.2) is 47.2 Å². The molecule has 1 aromatic carbocycles. The van der Waals surface area contributed by atoms with E-state index in [2.05, 4.69) is 26.2 Å². The standard InChI is InChI=1S/C15H15BrN2O2/c1-11-4-5-14(13(16)7-11)20-10-15(19)18-9-12-3-2-6-17-8-12/h2-8H,9-10H2,1H3,(H,18,19). The second-order valence-corrected chi connectivity index (χ2v) is 5.21. The van der Waals surface area contributed by atoms with E-state index in [1.807, 2.05) is 37.3 Å². The van der Waals surface area contributed by atoms with Crippen molar-refractivity contribution in [2.75, 3.05) is 6.61 Å². The third-order valence-electron chi connectivity index (χ3n) is 2.66. The van der Waals surface area contributed by atoms with Gasteiger partial charge in [0.15, 0.2) is 6.61 Å². The fraction of sp³-hybridized carbons (Fsp3) is 0.200. The van der Waals surface area contributed by atoms with Crippen molar-refractivity contribution in [3.63, 3.8) is 0 Å². The Morgan fingerprint density at radius 3 is 2.95 bits per heavy atom. The van der Waals surface area contributed by atoms with Crippen LogP contribution < -0.4 is 10.1 Å². The first-order valence-corrected chi connectivity index (χ1v) is 6.99. The number of ether oxygens (including phenoxy) is 1. The molecular weight excluding hydrogens is 320 g/mol. The fourth-order valence-corrected chi connectivity index (χ4v) is 2.23. The Kier molecular flexibility index (Phi) is 5.12. The van der Waals surface area contributed by atoms with Crippen LogP contribution in [-0.4, -0.2) is 17.5 Å². The minimum atomic E-state index is -0.165. The maximum atomic E-state index is 11.7. The second kappa shape index (κ2) is 7.05. The maximum absolute atomic E-state index is 11.7. The highest BCUT2D eigenvalue weighted by molar-refractivity contribution is 9.10. The van der Waals surface area contributed by atoms with Gasteiger partial charge in [0.05, 0.1) is 4.47 Å². The Morgan fingerprint density at radius 2 is 2.25 bits per heavy atom. The van der Waals surface area contributed by atoms with Crippen LogP contribution in [0, 0.1) is 6.92 Å². The van der Waals surface area contributed by atoms with Gasteiger partial charge in [0, 0.05) is 18.9 Å². The topological polar surface area (TPSA) is 51.2 Å². The number of nitrogens with zero attached hydrogens (tertiary/aromatic N) is 1. The predicted molar refractivity (Wildman–Crippen MR) is 80.5 cm³/mol. The highest BCUT2D eigenvalue weighted by atomic mass is 79.9. The molecule has 0 saturated heterocycles. The largest absolute Gasteiger partial charge is 0.483 e. The smallest absolute Gasteiger partial charge is 0.258 e. The van der Waals surface area contributed by atoms with E-state index < -0.39 is 0 Å². The first-order chi connectivity index (χ1) is 9.65. The van der Waals surface area contributed by atoms with Gasteiger partial charge in [-0.25, -0.2) is 0 Å². The van der Waals surface area contributed by atoms with Crippen LogP contribution in [0.5, 0.6) is 5.75 Å². The van der Waals surface area contributed by atoms with Crippen LogP contribution in [-0.2, 0) is 11.3 Å². The predicted octanol–water partition coefficient (Wildman–Crippen LogP) is 2.85. The average Bonchev–Trinajstić information content (AvgIpc) is 2.45. The number of amides is 1. The van der Waals surface area contributed by atoms with E-state index in [-0.39, 0.29) is 12.5 Å². The number of aryl methyl sites for hydroxylation is 1. The molecule has 0 fully saturated rings. The fourth-order valence-electron chi connectivity index (χ4n) is 1.62. The molecule has 4 nitrogen and oxygen atoms in total. The second-order valence-electron chi connectivity index (χ2n) is 4.36. The van der Waals surface area contributed by atoms with Gasteiger partial charge in [0.25, 0.3) is 5.91 Å². The number of nitrogens with one attached hydrogen (secondary N) is 1. The van der Waals surface area contributed by atoms with Gasteiger partial charge in [0.2, 0.25) is 0 Å². The molecule has 20 heavy (non-hydrogen) atoms. The van der Waals surface area contributed by atoms with Gasteiger partial charge in [0.1, 0.15) is 5.75 Å². The summed E-state index contributed by atoms with van der Waals surface area (Å²) in [5.74, 6) is 0.494. The van der Waals surface area contributed by atoms with E-state index in [1.54, 1.807) is 12.4 Å². The Labute approximate surface area is 126 Å². The molecule has 0 unspecified atom stereocenters. The van der Waals surface area contributed by atoms with Gasteiger partial charge in [-0.05, 0) is 52.2 Å². The molecule has 0 atom stereocenters. The van der Waals surface area contributed by atoms with Crippen molar-refractivity contribution in [1.29, 1.82) is 0 Å². The van der Waals surface area contributed by atoms with Crippen molar-refractivity contribution in [3.8, 4) is 5.75 Å². The normalized spacial score (nSPS) is 10.1. The molecule has 0 radical (unpaired) electrons. The molecule has 0 bridgehead atoms. The highest BCUT2D eigenvalue weighted by Gasteiger charge is 2.05. The molecule has 0 spiro atoms. The summed E-state index contributed by atoms with van der Waals surface area (Å²) in [5, 5.41) is 2.78. The summed E-state index contributed by atoms with van der Waals surface area (Å²) in [7, 11) is 0. The molecule has 104 valence electrons. The number of carbonyl (C=O) groups is 1. The molecule has 2 rings (SSSR count). The maximum Gasteiger partial charge on any atom is 0.258 e. The zero-order chi connectivity index (χ0) is 14.4. The summed E-state index contributed by atoms with van der Waals surface area (Å²) in [6.07, 6.45) is 3.42. The Hall–Kier alpha value is -1.88. The number of carbonyl (C=O) groups excluding carboxylic acids is 1. The van der Waals surface area contributed by atoms with Crippen LogP contribution in [0.3, 0.4) is 0 Å². The van der Waals surface area contributed by atoms with Gasteiger partial charge < -0.3 is 10.1 Å². The number of hydrogen-bond donors (Lipinski definition) is 1. The SMILES string of the molecule is Cc1ccc(OCC(=O)NCc2cccnc2)c(Br)c1. The van der Waals surface area contributed by atoms with Crippen molar-refractivity contribution in [2.24, 2.45) is 0 Å². The number of pyridine rings is 1. The minimum Gasteiger partial charge on any atom is -0.483 e. The van der Waals surface area contributed by atoms with Gasteiger partial charge >= 0.3 is 0 Å². The van der Waals surface area contributed by atoms with Crippen LogP contribution >= 0.6 is 15.9 Å².